The normalized spacial score (nSPS) is 10.4. The number of carbonyl (C=O) groups excluding carboxylic acids is 1. The molecule has 3 N–H and O–H groups in total. The number of anilines is 4. The molecule has 2 aromatic carbocycles. The number of benzene rings is 2. The first-order valence-corrected chi connectivity index (χ1v) is 10.1. The van der Waals surface area contributed by atoms with Crippen molar-refractivity contribution < 1.29 is 9.53 Å². The van der Waals surface area contributed by atoms with Crippen LogP contribution in [0.25, 0.3) is 5.82 Å². The van der Waals surface area contributed by atoms with Gasteiger partial charge in [-0.3, -0.25) is 4.57 Å². The largest absolute Gasteiger partial charge is 0.494 e. The highest BCUT2D eigenvalue weighted by molar-refractivity contribution is 5.99. The van der Waals surface area contributed by atoms with Gasteiger partial charge in [0.25, 0.3) is 0 Å². The van der Waals surface area contributed by atoms with Gasteiger partial charge in [-0.15, -0.1) is 0 Å². The van der Waals surface area contributed by atoms with Crippen molar-refractivity contribution in [1.29, 1.82) is 0 Å². The Hall–Kier alpha value is -4.40. The number of carbonyl (C=O) groups is 1. The number of aromatic nitrogens is 4. The van der Waals surface area contributed by atoms with Gasteiger partial charge in [0.05, 0.1) is 6.61 Å². The van der Waals surface area contributed by atoms with Crippen LogP contribution in [0.15, 0.2) is 73.3 Å². The summed E-state index contributed by atoms with van der Waals surface area (Å²) in [5.41, 5.74) is 2.17. The third-order valence-corrected chi connectivity index (χ3v) is 4.43. The van der Waals surface area contributed by atoms with Gasteiger partial charge in [-0.25, -0.2) is 19.7 Å². The van der Waals surface area contributed by atoms with E-state index in [0.29, 0.717) is 29.6 Å². The van der Waals surface area contributed by atoms with Crippen LogP contribution in [0.3, 0.4) is 0 Å². The molecular weight excluding hydrogens is 406 g/mol. The van der Waals surface area contributed by atoms with Crippen LogP contribution in [0.1, 0.15) is 12.7 Å². The lowest BCUT2D eigenvalue weighted by molar-refractivity contribution is 0.262. The third kappa shape index (κ3) is 5.39. The first kappa shape index (κ1) is 20.9. The average Bonchev–Trinajstić information content (AvgIpc) is 3.31. The maximum Gasteiger partial charge on any atom is 0.323 e. The molecule has 4 aromatic rings. The Morgan fingerprint density at radius 1 is 0.969 bits per heavy atom. The van der Waals surface area contributed by atoms with E-state index in [0.717, 1.165) is 17.3 Å². The summed E-state index contributed by atoms with van der Waals surface area (Å²) in [4.78, 5) is 25.2. The topological polar surface area (TPSA) is 106 Å². The minimum absolute atomic E-state index is 0.328. The van der Waals surface area contributed by atoms with E-state index in [1.54, 1.807) is 24.7 Å². The Bertz CT molecular complexity index is 1170. The molecule has 0 spiro atoms. The number of amides is 2. The van der Waals surface area contributed by atoms with Crippen molar-refractivity contribution in [2.75, 3.05) is 22.6 Å². The van der Waals surface area contributed by atoms with Gasteiger partial charge in [0.15, 0.2) is 0 Å². The second-order valence-electron chi connectivity index (χ2n) is 6.87. The zero-order chi connectivity index (χ0) is 22.3. The second kappa shape index (κ2) is 9.61. The zero-order valence-corrected chi connectivity index (χ0v) is 17.7. The van der Waals surface area contributed by atoms with Crippen molar-refractivity contribution >= 4 is 28.9 Å². The molecule has 0 saturated carbocycles. The number of hydrogen-bond donors (Lipinski definition) is 3. The van der Waals surface area contributed by atoms with E-state index in [9.17, 15) is 4.79 Å². The van der Waals surface area contributed by atoms with Crippen molar-refractivity contribution in [1.82, 2.24) is 19.5 Å². The number of nitrogens with zero attached hydrogens (tertiary/aromatic N) is 4. The fourth-order valence-electron chi connectivity index (χ4n) is 3.02. The molecule has 0 radical (unpaired) electrons. The fraction of sp³-hybridized carbons (Fsp3) is 0.130. The van der Waals surface area contributed by atoms with Crippen LogP contribution in [0.4, 0.5) is 27.7 Å². The van der Waals surface area contributed by atoms with Crippen LogP contribution >= 0.6 is 0 Å². The van der Waals surface area contributed by atoms with Crippen molar-refractivity contribution in [2.45, 2.75) is 13.8 Å². The Balaban J connectivity index is 1.36. The van der Waals surface area contributed by atoms with Crippen LogP contribution in [0.2, 0.25) is 0 Å². The van der Waals surface area contributed by atoms with E-state index < -0.39 is 0 Å². The summed E-state index contributed by atoms with van der Waals surface area (Å²) in [6.07, 6.45) is 5.21. The zero-order valence-electron chi connectivity index (χ0n) is 17.7. The summed E-state index contributed by atoms with van der Waals surface area (Å²) in [7, 11) is 0. The van der Waals surface area contributed by atoms with Gasteiger partial charge in [-0.1, -0.05) is 0 Å². The maximum atomic E-state index is 12.3. The smallest absolute Gasteiger partial charge is 0.323 e. The molecule has 0 saturated heterocycles. The number of rotatable bonds is 7. The van der Waals surface area contributed by atoms with Crippen molar-refractivity contribution in [3.05, 3.63) is 79.1 Å². The average molecular weight is 429 g/mol. The molecule has 2 heterocycles. The molecular formula is C23H23N7O2. The van der Waals surface area contributed by atoms with Gasteiger partial charge in [0, 0.05) is 35.5 Å². The van der Waals surface area contributed by atoms with Gasteiger partial charge in [0.1, 0.15) is 29.5 Å². The molecule has 0 aliphatic heterocycles. The molecule has 2 aromatic heterocycles. The predicted molar refractivity (Wildman–Crippen MR) is 124 cm³/mol. The highest BCUT2D eigenvalue weighted by Gasteiger charge is 2.06. The highest BCUT2D eigenvalue weighted by atomic mass is 16.5. The standard InChI is InChI=1S/C23H23N7O2/c1-3-32-20-10-8-19(9-11-20)29-23(31)28-18-6-4-17(5-7-18)27-21-14-22(26-16(2)25-21)30-13-12-24-15-30/h4-15H,3H2,1-2H3,(H,25,26,27)(H2,28,29,31). The lowest BCUT2D eigenvalue weighted by Crippen LogP contribution is -2.19. The minimum atomic E-state index is -0.328. The molecule has 0 atom stereocenters. The highest BCUT2D eigenvalue weighted by Crippen LogP contribution is 2.20. The van der Waals surface area contributed by atoms with E-state index in [1.165, 1.54) is 0 Å². The summed E-state index contributed by atoms with van der Waals surface area (Å²) < 4.78 is 7.22. The Labute approximate surface area is 185 Å². The number of urea groups is 1. The SMILES string of the molecule is CCOc1ccc(NC(=O)Nc2ccc(Nc3cc(-n4ccnc4)nc(C)n3)cc2)cc1. The van der Waals surface area contributed by atoms with Crippen LogP contribution < -0.4 is 20.7 Å². The van der Waals surface area contributed by atoms with Crippen molar-refractivity contribution in [2.24, 2.45) is 0 Å². The molecule has 9 heteroatoms. The summed E-state index contributed by atoms with van der Waals surface area (Å²) in [5, 5.41) is 8.87. The lowest BCUT2D eigenvalue weighted by atomic mass is 10.2. The van der Waals surface area contributed by atoms with E-state index in [1.807, 2.05) is 67.1 Å². The van der Waals surface area contributed by atoms with Gasteiger partial charge in [-0.05, 0) is 62.4 Å². The molecule has 0 bridgehead atoms. The van der Waals surface area contributed by atoms with Crippen LogP contribution in [-0.4, -0.2) is 32.2 Å². The quantitative estimate of drug-likeness (QED) is 0.391. The fourth-order valence-corrected chi connectivity index (χ4v) is 3.02. The van der Waals surface area contributed by atoms with Gasteiger partial charge >= 0.3 is 6.03 Å². The summed E-state index contributed by atoms with van der Waals surface area (Å²) in [5.74, 6) is 2.79. The molecule has 9 nitrogen and oxygen atoms in total. The van der Waals surface area contributed by atoms with E-state index >= 15 is 0 Å². The number of nitrogens with one attached hydrogen (secondary N) is 3. The van der Waals surface area contributed by atoms with Gasteiger partial charge < -0.3 is 20.7 Å². The van der Waals surface area contributed by atoms with Crippen LogP contribution in [0, 0.1) is 6.92 Å². The summed E-state index contributed by atoms with van der Waals surface area (Å²) >= 11 is 0. The first-order chi connectivity index (χ1) is 15.6. The van der Waals surface area contributed by atoms with E-state index in [2.05, 4.69) is 30.9 Å². The number of imidazole rings is 1. The maximum absolute atomic E-state index is 12.3. The molecule has 0 aliphatic rings. The summed E-state index contributed by atoms with van der Waals surface area (Å²) in [6.45, 7) is 4.36. The molecule has 32 heavy (non-hydrogen) atoms. The lowest BCUT2D eigenvalue weighted by Gasteiger charge is -2.11. The molecule has 0 unspecified atom stereocenters. The Morgan fingerprint density at radius 3 is 2.25 bits per heavy atom. The molecule has 2 amide bonds. The van der Waals surface area contributed by atoms with Crippen molar-refractivity contribution in [3.8, 4) is 11.6 Å². The van der Waals surface area contributed by atoms with Crippen molar-refractivity contribution in [3.63, 3.8) is 0 Å². The van der Waals surface area contributed by atoms with E-state index in [-0.39, 0.29) is 6.03 Å². The second-order valence-corrected chi connectivity index (χ2v) is 6.87. The number of ether oxygens (including phenoxy) is 1. The predicted octanol–water partition coefficient (Wildman–Crippen LogP) is 4.76. The monoisotopic (exact) mass is 429 g/mol. The number of hydrogen-bond acceptors (Lipinski definition) is 6. The molecule has 4 rings (SSSR count). The van der Waals surface area contributed by atoms with Crippen LogP contribution in [0.5, 0.6) is 5.75 Å². The molecule has 0 fully saturated rings. The summed E-state index contributed by atoms with van der Waals surface area (Å²) in [6, 6.07) is 16.1. The molecule has 0 aliphatic carbocycles. The van der Waals surface area contributed by atoms with Gasteiger partial charge in [-0.2, -0.15) is 0 Å². The Kier molecular flexibility index (Phi) is 6.26. The Morgan fingerprint density at radius 2 is 1.62 bits per heavy atom. The first-order valence-electron chi connectivity index (χ1n) is 10.1. The van der Waals surface area contributed by atoms with Crippen LogP contribution in [-0.2, 0) is 0 Å². The van der Waals surface area contributed by atoms with E-state index in [4.69, 9.17) is 4.74 Å². The minimum Gasteiger partial charge on any atom is -0.494 e. The molecule has 162 valence electrons. The number of aryl methyl sites for hydroxylation is 1. The third-order valence-electron chi connectivity index (χ3n) is 4.43. The van der Waals surface area contributed by atoms with Gasteiger partial charge in [0.2, 0.25) is 0 Å².